The first kappa shape index (κ1) is 84.0. The molecule has 482 valence electrons. The van der Waals surface area contributed by atoms with E-state index in [0.717, 1.165) is 55.0 Å². The maximum absolute atomic E-state index is 11.4. The first-order valence-corrected chi connectivity index (χ1v) is 29.6. The van der Waals surface area contributed by atoms with E-state index in [1.165, 1.54) is 6.92 Å². The summed E-state index contributed by atoms with van der Waals surface area (Å²) in [4.78, 5) is 142. The molecule has 0 saturated heterocycles. The first-order chi connectivity index (χ1) is 37.7. The van der Waals surface area contributed by atoms with Crippen LogP contribution in [0.1, 0.15) is 68.7 Å². The van der Waals surface area contributed by atoms with Gasteiger partial charge in [-0.1, -0.05) is 0 Å². The van der Waals surface area contributed by atoms with Crippen molar-refractivity contribution in [2.75, 3.05) is 98.5 Å². The Bertz CT molecular complexity index is 2120. The number of aliphatic carboxylic acids is 1. The molecule has 9 unspecified atom stereocenters. The van der Waals surface area contributed by atoms with E-state index in [4.69, 9.17) is 41.0 Å². The quantitative estimate of drug-likeness (QED) is 0.0110. The van der Waals surface area contributed by atoms with Gasteiger partial charge in [0.05, 0.1) is 52.7 Å². The summed E-state index contributed by atoms with van der Waals surface area (Å²) >= 11 is 0. The number of phosphoric ester groups is 3. The molecule has 0 radical (unpaired) electrons. The minimum Gasteiger partial charge on any atom is -0.778 e. The fourth-order valence-electron chi connectivity index (χ4n) is 4.27. The number of carboxylic acid groups (broad SMARTS) is 1. The third-order valence-electron chi connectivity index (χ3n) is 7.55. The highest BCUT2D eigenvalue weighted by Crippen LogP contribution is 2.40. The van der Waals surface area contributed by atoms with Gasteiger partial charge in [0.1, 0.15) is 46.7 Å². The minimum absolute atomic E-state index is 0.0103. The summed E-state index contributed by atoms with van der Waals surface area (Å²) in [5, 5.41) is 27.5. The Morgan fingerprint density at radius 1 is 0.463 bits per heavy atom. The Hall–Kier alpha value is -4.49. The van der Waals surface area contributed by atoms with Crippen molar-refractivity contribution in [1.29, 1.82) is 0 Å². The normalized spacial score (nSPS) is 15.5. The molecule has 0 aromatic carbocycles. The van der Waals surface area contributed by atoms with Crippen LogP contribution in [0.4, 0.5) is 0 Å². The largest absolute Gasteiger partial charge is 0.778 e. The topological polar surface area (TPSA) is 582 Å². The molecule has 0 bridgehead atoms. The second kappa shape index (κ2) is 46.8. The van der Waals surface area contributed by atoms with E-state index in [1.807, 2.05) is 12.2 Å². The van der Waals surface area contributed by atoms with E-state index < -0.39 is 174 Å². The van der Waals surface area contributed by atoms with Gasteiger partial charge >= 0.3 is 53.7 Å². The van der Waals surface area contributed by atoms with Crippen molar-refractivity contribution in [2.45, 2.75) is 105 Å². The molecule has 0 amide bonds. The summed E-state index contributed by atoms with van der Waals surface area (Å²) in [5.41, 5.74) is 10.1. The number of carbonyl (C=O) groups excluding carboxylic acids is 8. The van der Waals surface area contributed by atoms with Crippen LogP contribution in [0.15, 0.2) is 0 Å². The van der Waals surface area contributed by atoms with Crippen LogP contribution >= 0.6 is 31.1 Å². The number of carbonyl (C=O) groups is 9. The van der Waals surface area contributed by atoms with Crippen LogP contribution in [-0.4, -0.2) is 204 Å². The zero-order valence-corrected chi connectivity index (χ0v) is 49.8. The molecule has 0 aromatic rings. The fraction of sp³-hybridized carbons (Fsp3) is 0.775. The minimum atomic E-state index is -4.86. The summed E-state index contributed by atoms with van der Waals surface area (Å²) in [7, 11) is -18.1. The molecule has 0 rings (SSSR count). The lowest BCUT2D eigenvalue weighted by Gasteiger charge is -2.26. The van der Waals surface area contributed by atoms with E-state index in [1.54, 1.807) is 0 Å². The van der Waals surface area contributed by atoms with Crippen molar-refractivity contribution in [3.8, 4) is 0 Å². The third-order valence-corrected chi connectivity index (χ3v) is 11.8. The van der Waals surface area contributed by atoms with E-state index >= 15 is 0 Å². The molecule has 0 spiro atoms. The molecule has 0 aliphatic rings. The molecule has 0 saturated carbocycles. The van der Waals surface area contributed by atoms with Crippen LogP contribution in [0.5, 0.6) is 0 Å². The van der Waals surface area contributed by atoms with Gasteiger partial charge in [-0.3, -0.25) is 56.8 Å². The van der Waals surface area contributed by atoms with Gasteiger partial charge in [-0.05, 0) is 6.92 Å². The maximum atomic E-state index is 11.4. The highest BCUT2D eigenvalue weighted by Gasteiger charge is 2.24. The Morgan fingerprint density at radius 3 is 1.02 bits per heavy atom. The number of phosphoric acid groups is 3. The maximum Gasteiger partial charge on any atom is 0.322 e. The van der Waals surface area contributed by atoms with Gasteiger partial charge in [-0.15, -0.1) is 0 Å². The molecule has 42 heteroatoms. The number of likely N-dealkylation sites (N-methyl/N-ethyl adjacent to an activating group) is 1. The second-order valence-electron chi connectivity index (χ2n) is 15.4. The molecular formula is C40H74N3O35P4-3. The number of hydrogen-bond donors (Lipinski definition) is 6. The molecule has 0 aliphatic heterocycles. The van der Waals surface area contributed by atoms with Crippen LogP contribution in [0.3, 0.4) is 0 Å². The van der Waals surface area contributed by atoms with Crippen molar-refractivity contribution in [3.05, 3.63) is 0 Å². The first-order valence-electron chi connectivity index (χ1n) is 23.5. The van der Waals surface area contributed by atoms with Crippen LogP contribution in [0.25, 0.3) is 0 Å². The molecular weight excluding hydrogens is 1210 g/mol. The lowest BCUT2D eigenvalue weighted by Crippen LogP contribution is -2.84. The smallest absolute Gasteiger partial charge is 0.322 e. The van der Waals surface area contributed by atoms with Crippen LogP contribution in [-0.2, 0) is 131 Å². The predicted molar refractivity (Wildman–Crippen MR) is 261 cm³/mol. The van der Waals surface area contributed by atoms with E-state index in [2.05, 4.69) is 55.4 Å². The highest BCUT2D eigenvalue weighted by molar-refractivity contribution is 7.51. The summed E-state index contributed by atoms with van der Waals surface area (Å²) in [6.45, 7) is 7.67. The van der Waals surface area contributed by atoms with Crippen molar-refractivity contribution >= 4 is 84.8 Å². The van der Waals surface area contributed by atoms with Crippen LogP contribution in [0, 0.1) is 0 Å². The number of esters is 8. The van der Waals surface area contributed by atoms with Crippen molar-refractivity contribution in [2.24, 2.45) is 11.5 Å². The number of aliphatic hydroxyl groups is 2. The Labute approximate surface area is 470 Å². The Morgan fingerprint density at radius 2 is 0.756 bits per heavy atom. The number of quaternary nitrogens is 1. The van der Waals surface area contributed by atoms with Gasteiger partial charge in [0.25, 0.3) is 23.5 Å². The van der Waals surface area contributed by atoms with Gasteiger partial charge in [-0.25, -0.2) is 0 Å². The lowest BCUT2D eigenvalue weighted by atomic mass is 10.3. The Balaban J connectivity index is -0.000000495. The standard InChI is InChI=1S/C11H22NO8P.C10H18NO10P.C10H19O9P.C9H18NO8P/c1-4-12-5-6-18-21(15,16)19-8-11(20-10(3)14)7-17-9(2)13;1-6(12)18-3-8(21-7(2)13)4-19-22(16,17)20-5-9(11)10(14)15;1-7(11)17-5-9(19-8(2)12)6-18-20(15,16)4-3-10(13)14;1-7(11)15-5-9(18-8(2)12)6-17-19(13,14)16-4-3-10/h11-12H,4-8H2,1-3H3,(H,15,16);8-9H,3-5,11H2,1-2H3,(H,14,15)(H,16,17);9-10,13-14H,3-6H2,1-2H3,(H,15,16);9H,3-6,10H2,1-2H3,(H,13,14)/p-3. The second-order valence-corrected chi connectivity index (χ2v) is 21.6. The van der Waals surface area contributed by atoms with Crippen LogP contribution < -0.4 is 36.4 Å². The highest BCUT2D eigenvalue weighted by atomic mass is 31.2. The zero-order chi connectivity index (χ0) is 64.3. The van der Waals surface area contributed by atoms with Gasteiger partial charge in [-0.2, -0.15) is 0 Å². The number of rotatable bonds is 39. The fourth-order valence-corrected chi connectivity index (χ4v) is 7.61. The number of aliphatic hydroxyl groups excluding tert-OH is 1. The third kappa shape index (κ3) is 60.1. The van der Waals surface area contributed by atoms with E-state index in [-0.39, 0.29) is 39.6 Å². The number of hydrogen-bond acceptors (Lipinski definition) is 36. The van der Waals surface area contributed by atoms with Gasteiger partial charge in [0.2, 0.25) is 0 Å². The lowest BCUT2D eigenvalue weighted by molar-refractivity contribution is -0.652. The average molecular weight is 1280 g/mol. The van der Waals surface area contributed by atoms with Gasteiger partial charge in [0.15, 0.2) is 30.7 Å². The van der Waals surface area contributed by atoms with Gasteiger partial charge < -0.3 is 126 Å². The number of ether oxygens (including phenoxy) is 8. The monoisotopic (exact) mass is 1280 g/mol. The molecule has 0 aromatic heterocycles. The molecule has 82 heavy (non-hydrogen) atoms. The van der Waals surface area contributed by atoms with Crippen molar-refractivity contribution in [1.82, 2.24) is 0 Å². The van der Waals surface area contributed by atoms with Crippen LogP contribution in [0.2, 0.25) is 0 Å². The molecule has 9 N–H and O–H groups in total. The summed E-state index contributed by atoms with van der Waals surface area (Å²) < 4.78 is 114. The molecule has 38 nitrogen and oxygen atoms in total. The molecule has 0 aliphatic carbocycles. The summed E-state index contributed by atoms with van der Waals surface area (Å²) in [6.07, 6.45) is -7.01. The zero-order valence-electron chi connectivity index (χ0n) is 46.2. The summed E-state index contributed by atoms with van der Waals surface area (Å²) in [6, 6.07) is -1.55. The average Bonchev–Trinajstić information content (AvgIpc) is 3.34. The van der Waals surface area contributed by atoms with Gasteiger partial charge in [0, 0.05) is 74.5 Å². The van der Waals surface area contributed by atoms with Crippen molar-refractivity contribution < 1.29 is 171 Å². The summed E-state index contributed by atoms with van der Waals surface area (Å²) in [5.74, 6) is -6.63. The molecule has 9 atom stereocenters. The Kier molecular flexibility index (Phi) is 48.0. The number of nitrogens with two attached hydrogens (primary N) is 3. The van der Waals surface area contributed by atoms with Crippen molar-refractivity contribution in [3.63, 3.8) is 0 Å². The SMILES string of the molecule is CC(=O)OCC(COP(=O)([O-])CCC(O)O)OC(C)=O.CC(=O)OCC(COP(=O)([O-])OCC(N)C(=O)O)OC(C)=O.CC(=O)OCC(COP(=O)([O-])OCCN)OC(C)=O.CC[NH2+]CCOP(=O)([O-])OCC(COC(C)=O)OC(C)=O. The number of carboxylic acids is 1. The molecule has 0 fully saturated rings. The predicted octanol–water partition coefficient (Wildman–Crippen LogP) is -5.35. The molecule has 0 heterocycles. The van der Waals surface area contributed by atoms with E-state index in [0.29, 0.717) is 6.54 Å². The van der Waals surface area contributed by atoms with E-state index in [9.17, 15) is 81.0 Å².